The normalized spacial score (nSPS) is 14.8. The zero-order valence-electron chi connectivity index (χ0n) is 16.7. The maximum Gasteiger partial charge on any atom is 0.317 e. The number of nitrogens with zero attached hydrogens (tertiary/aromatic N) is 3. The van der Waals surface area contributed by atoms with Crippen LogP contribution in [0, 0.1) is 0 Å². The number of ether oxygens (including phenoxy) is 1. The molecule has 0 aliphatic carbocycles. The van der Waals surface area contributed by atoms with Gasteiger partial charge in [-0.25, -0.2) is 4.79 Å². The molecule has 0 saturated carbocycles. The molecule has 2 rings (SSSR count). The number of carbonyl (C=O) groups excluding carboxylic acids is 1. The van der Waals surface area contributed by atoms with Crippen molar-refractivity contribution in [3.05, 3.63) is 24.3 Å². The van der Waals surface area contributed by atoms with Crippen molar-refractivity contribution in [3.63, 3.8) is 0 Å². The van der Waals surface area contributed by atoms with Gasteiger partial charge in [0.1, 0.15) is 5.75 Å². The summed E-state index contributed by atoms with van der Waals surface area (Å²) in [7, 11) is 0. The molecule has 0 spiro atoms. The molecule has 6 heteroatoms. The van der Waals surface area contributed by atoms with Crippen LogP contribution in [0.5, 0.6) is 5.75 Å². The fraction of sp³-hybridized carbons (Fsp3) is 0.650. The molecule has 0 atom stereocenters. The standard InChI is InChI=1S/C20H34N4O2/c1-5-22(17(3)4)12-11-21-20(25)24-15-13-23(14-16-24)18-9-7-8-10-19(18)26-6-2/h7-10,17H,5-6,11-16H2,1-4H3,(H,21,25). The van der Waals surface area contributed by atoms with Crippen molar-refractivity contribution in [2.24, 2.45) is 0 Å². The minimum Gasteiger partial charge on any atom is -0.492 e. The average Bonchev–Trinajstić information content (AvgIpc) is 2.65. The smallest absolute Gasteiger partial charge is 0.317 e. The molecule has 1 aliphatic rings. The molecule has 1 aromatic rings. The first-order valence-electron chi connectivity index (χ1n) is 9.80. The molecule has 0 unspecified atom stereocenters. The van der Waals surface area contributed by atoms with Gasteiger partial charge in [-0.05, 0) is 39.4 Å². The van der Waals surface area contributed by atoms with Gasteiger partial charge in [0.05, 0.1) is 12.3 Å². The number of benzene rings is 1. The summed E-state index contributed by atoms with van der Waals surface area (Å²) in [6.07, 6.45) is 0. The number of amides is 2. The Hall–Kier alpha value is -1.95. The zero-order valence-corrected chi connectivity index (χ0v) is 16.7. The molecule has 1 aromatic carbocycles. The van der Waals surface area contributed by atoms with Crippen molar-refractivity contribution in [1.82, 2.24) is 15.1 Å². The van der Waals surface area contributed by atoms with Crippen LogP contribution in [0.4, 0.5) is 10.5 Å². The second-order valence-corrected chi connectivity index (χ2v) is 6.83. The van der Waals surface area contributed by atoms with Crippen LogP contribution in [-0.2, 0) is 0 Å². The number of para-hydroxylation sites is 2. The van der Waals surface area contributed by atoms with E-state index in [1.54, 1.807) is 0 Å². The Balaban J connectivity index is 1.80. The van der Waals surface area contributed by atoms with Gasteiger partial charge in [-0.1, -0.05) is 19.1 Å². The first-order chi connectivity index (χ1) is 12.6. The van der Waals surface area contributed by atoms with E-state index in [9.17, 15) is 4.79 Å². The number of carbonyl (C=O) groups is 1. The summed E-state index contributed by atoms with van der Waals surface area (Å²) in [6.45, 7) is 14.9. The van der Waals surface area contributed by atoms with Crippen LogP contribution in [-0.4, -0.2) is 74.3 Å². The number of urea groups is 1. The van der Waals surface area contributed by atoms with Gasteiger partial charge in [0, 0.05) is 45.3 Å². The largest absolute Gasteiger partial charge is 0.492 e. The molecule has 1 heterocycles. The summed E-state index contributed by atoms with van der Waals surface area (Å²) >= 11 is 0. The summed E-state index contributed by atoms with van der Waals surface area (Å²) in [6, 6.07) is 8.67. The third kappa shape index (κ3) is 5.53. The Morgan fingerprint density at radius 3 is 2.50 bits per heavy atom. The lowest BCUT2D eigenvalue weighted by Gasteiger charge is -2.36. The van der Waals surface area contributed by atoms with E-state index in [1.807, 2.05) is 30.0 Å². The van der Waals surface area contributed by atoms with Crippen LogP contribution in [0.1, 0.15) is 27.7 Å². The predicted octanol–water partition coefficient (Wildman–Crippen LogP) is 2.65. The monoisotopic (exact) mass is 362 g/mol. The second-order valence-electron chi connectivity index (χ2n) is 6.83. The Morgan fingerprint density at radius 2 is 1.88 bits per heavy atom. The first-order valence-corrected chi connectivity index (χ1v) is 9.80. The highest BCUT2D eigenvalue weighted by molar-refractivity contribution is 5.74. The minimum absolute atomic E-state index is 0.0440. The summed E-state index contributed by atoms with van der Waals surface area (Å²) < 4.78 is 5.73. The van der Waals surface area contributed by atoms with Gasteiger partial charge in [-0.2, -0.15) is 0 Å². The molecule has 0 radical (unpaired) electrons. The van der Waals surface area contributed by atoms with Crippen LogP contribution in [0.25, 0.3) is 0 Å². The Bertz CT molecular complexity index is 556. The number of hydrogen-bond acceptors (Lipinski definition) is 4. The van der Waals surface area contributed by atoms with Crippen LogP contribution in [0.2, 0.25) is 0 Å². The van der Waals surface area contributed by atoms with Gasteiger partial charge in [-0.3, -0.25) is 4.90 Å². The second kappa shape index (κ2) is 10.3. The van der Waals surface area contributed by atoms with E-state index in [4.69, 9.17) is 4.74 Å². The van der Waals surface area contributed by atoms with E-state index < -0.39 is 0 Å². The maximum absolute atomic E-state index is 12.4. The van der Waals surface area contributed by atoms with Gasteiger partial charge in [0.25, 0.3) is 0 Å². The summed E-state index contributed by atoms with van der Waals surface area (Å²) in [5.41, 5.74) is 1.12. The summed E-state index contributed by atoms with van der Waals surface area (Å²) in [5, 5.41) is 3.06. The van der Waals surface area contributed by atoms with Crippen LogP contribution in [0.15, 0.2) is 24.3 Å². The lowest BCUT2D eigenvalue weighted by molar-refractivity contribution is 0.188. The molecule has 0 aromatic heterocycles. The molecule has 1 aliphatic heterocycles. The van der Waals surface area contributed by atoms with Crippen molar-refractivity contribution in [2.75, 3.05) is 57.3 Å². The van der Waals surface area contributed by atoms with E-state index in [-0.39, 0.29) is 6.03 Å². The van der Waals surface area contributed by atoms with Crippen molar-refractivity contribution >= 4 is 11.7 Å². The zero-order chi connectivity index (χ0) is 18.9. The van der Waals surface area contributed by atoms with E-state index in [1.165, 1.54) is 0 Å². The Morgan fingerprint density at radius 1 is 1.19 bits per heavy atom. The fourth-order valence-electron chi connectivity index (χ4n) is 3.35. The lowest BCUT2D eigenvalue weighted by atomic mass is 10.2. The van der Waals surface area contributed by atoms with Crippen molar-refractivity contribution in [3.8, 4) is 5.75 Å². The highest BCUT2D eigenvalue weighted by atomic mass is 16.5. The van der Waals surface area contributed by atoms with Gasteiger partial charge in [0.15, 0.2) is 0 Å². The molecule has 1 saturated heterocycles. The highest BCUT2D eigenvalue weighted by Crippen LogP contribution is 2.28. The molecule has 146 valence electrons. The molecular weight excluding hydrogens is 328 g/mol. The Kier molecular flexibility index (Phi) is 8.04. The van der Waals surface area contributed by atoms with E-state index in [0.29, 0.717) is 19.2 Å². The lowest BCUT2D eigenvalue weighted by Crippen LogP contribution is -2.52. The third-order valence-corrected chi connectivity index (χ3v) is 4.88. The molecule has 1 N–H and O–H groups in total. The number of likely N-dealkylation sites (N-methyl/N-ethyl adjacent to an activating group) is 1. The van der Waals surface area contributed by atoms with E-state index in [2.05, 4.69) is 42.0 Å². The quantitative estimate of drug-likeness (QED) is 0.772. The number of hydrogen-bond donors (Lipinski definition) is 1. The number of anilines is 1. The highest BCUT2D eigenvalue weighted by Gasteiger charge is 2.22. The van der Waals surface area contributed by atoms with Crippen molar-refractivity contribution in [1.29, 1.82) is 0 Å². The molecule has 6 nitrogen and oxygen atoms in total. The topological polar surface area (TPSA) is 48.1 Å². The number of piperazine rings is 1. The molecule has 2 amide bonds. The minimum atomic E-state index is 0.0440. The Labute approximate surface area is 158 Å². The molecular formula is C20H34N4O2. The van der Waals surface area contributed by atoms with Gasteiger partial charge >= 0.3 is 6.03 Å². The van der Waals surface area contributed by atoms with Crippen molar-refractivity contribution in [2.45, 2.75) is 33.7 Å². The van der Waals surface area contributed by atoms with Crippen molar-refractivity contribution < 1.29 is 9.53 Å². The molecule has 0 bridgehead atoms. The molecule has 1 fully saturated rings. The van der Waals surface area contributed by atoms with Crippen LogP contribution < -0.4 is 15.0 Å². The number of rotatable bonds is 8. The molecule has 26 heavy (non-hydrogen) atoms. The average molecular weight is 363 g/mol. The van der Waals surface area contributed by atoms with Gasteiger partial charge in [0.2, 0.25) is 0 Å². The SMILES string of the molecule is CCOc1ccccc1N1CCN(C(=O)NCCN(CC)C(C)C)CC1. The van der Waals surface area contributed by atoms with E-state index in [0.717, 1.165) is 50.7 Å². The number of nitrogens with one attached hydrogen (secondary N) is 1. The van der Waals surface area contributed by atoms with Gasteiger partial charge < -0.3 is 19.9 Å². The van der Waals surface area contributed by atoms with Crippen LogP contribution >= 0.6 is 0 Å². The fourth-order valence-corrected chi connectivity index (χ4v) is 3.35. The third-order valence-electron chi connectivity index (χ3n) is 4.88. The first kappa shape index (κ1) is 20.4. The van der Waals surface area contributed by atoms with E-state index >= 15 is 0 Å². The van der Waals surface area contributed by atoms with Crippen LogP contribution in [0.3, 0.4) is 0 Å². The maximum atomic E-state index is 12.4. The van der Waals surface area contributed by atoms with Gasteiger partial charge in [-0.15, -0.1) is 0 Å². The summed E-state index contributed by atoms with van der Waals surface area (Å²) in [5.74, 6) is 0.918. The summed E-state index contributed by atoms with van der Waals surface area (Å²) in [4.78, 5) is 19.0. The predicted molar refractivity (Wildman–Crippen MR) is 107 cm³/mol.